The lowest BCUT2D eigenvalue weighted by Crippen LogP contribution is -2.27. The first-order valence-corrected chi connectivity index (χ1v) is 12.7. The summed E-state index contributed by atoms with van der Waals surface area (Å²) in [5.41, 5.74) is 7.69. The van der Waals surface area contributed by atoms with Crippen molar-refractivity contribution in [3.05, 3.63) is 106 Å². The largest absolute Gasteiger partial charge is 0.508 e. The maximum absolute atomic E-state index is 13.1. The van der Waals surface area contributed by atoms with Crippen LogP contribution < -0.4 is 16.4 Å². The van der Waals surface area contributed by atoms with Crippen LogP contribution in [0.1, 0.15) is 11.7 Å². The number of hydrogen-bond donors (Lipinski definition) is 4. The summed E-state index contributed by atoms with van der Waals surface area (Å²) in [6.45, 7) is 0. The maximum atomic E-state index is 13.1. The number of rotatable bonds is 8. The number of hydrogen-bond acceptors (Lipinski definition) is 6. The second kappa shape index (κ2) is 12.4. The zero-order chi connectivity index (χ0) is 27.1. The van der Waals surface area contributed by atoms with Crippen LogP contribution >= 0.6 is 22.6 Å². The highest BCUT2D eigenvalue weighted by atomic mass is 127. The van der Waals surface area contributed by atoms with Crippen LogP contribution in [0.5, 0.6) is 5.75 Å². The van der Waals surface area contributed by atoms with Crippen molar-refractivity contribution in [2.24, 2.45) is 0 Å². The molecule has 0 spiro atoms. The van der Waals surface area contributed by atoms with Crippen molar-refractivity contribution >= 4 is 62.4 Å². The molecule has 0 unspecified atom stereocenters. The van der Waals surface area contributed by atoms with Gasteiger partial charge in [0.1, 0.15) is 11.9 Å². The zero-order valence-corrected chi connectivity index (χ0v) is 22.6. The van der Waals surface area contributed by atoms with E-state index in [9.17, 15) is 14.7 Å². The van der Waals surface area contributed by atoms with Gasteiger partial charge in [-0.2, -0.15) is 0 Å². The molecule has 0 aliphatic carbocycles. The molecule has 4 aromatic rings. The highest BCUT2D eigenvalue weighted by molar-refractivity contribution is 14.1. The van der Waals surface area contributed by atoms with Crippen LogP contribution in [0, 0.1) is 3.57 Å². The molecule has 0 bridgehead atoms. The van der Waals surface area contributed by atoms with E-state index in [0.29, 0.717) is 22.6 Å². The quantitative estimate of drug-likeness (QED) is 0.105. The van der Waals surface area contributed by atoms with Crippen molar-refractivity contribution in [3.8, 4) is 5.75 Å². The topological polar surface area (TPSA) is 123 Å². The zero-order valence-electron chi connectivity index (χ0n) is 20.4. The van der Waals surface area contributed by atoms with Crippen molar-refractivity contribution < 1.29 is 24.2 Å². The van der Waals surface area contributed by atoms with Crippen LogP contribution in [0.4, 0.5) is 21.9 Å². The molecule has 0 fully saturated rings. The maximum Gasteiger partial charge on any atom is 0.412 e. The minimum absolute atomic E-state index is 0.0784. The molecule has 2 amide bonds. The number of carbonyl (C=O) groups excluding carboxylic acids is 2. The number of nitrogens with two attached hydrogens (primary N) is 1. The third-order valence-electron chi connectivity index (χ3n) is 5.78. The SMILES string of the molecule is CO[C@@H](/C=C/C(=O)Nc1ccccc1N)[C@@H](OC(=O)Nc1cccc2ccccc12)c1cc(I)ccc1O. The number of phenolic OH excluding ortho intramolecular Hbond substituents is 1. The second-order valence-corrected chi connectivity index (χ2v) is 9.56. The van der Waals surface area contributed by atoms with Gasteiger partial charge in [-0.05, 0) is 70.5 Å². The Labute approximate surface area is 233 Å². The van der Waals surface area contributed by atoms with Crippen molar-refractivity contribution in [2.45, 2.75) is 12.2 Å². The Morgan fingerprint density at radius 2 is 1.66 bits per heavy atom. The second-order valence-electron chi connectivity index (χ2n) is 8.32. The van der Waals surface area contributed by atoms with E-state index in [1.54, 1.807) is 42.5 Å². The molecule has 9 heteroatoms. The number of methoxy groups -OCH3 is 1. The minimum Gasteiger partial charge on any atom is -0.508 e. The molecule has 0 saturated carbocycles. The van der Waals surface area contributed by atoms with E-state index in [1.165, 1.54) is 25.3 Å². The van der Waals surface area contributed by atoms with Gasteiger partial charge in [-0.15, -0.1) is 0 Å². The number of para-hydroxylation sites is 2. The predicted octanol–water partition coefficient (Wildman–Crippen LogP) is 6.23. The normalized spacial score (nSPS) is 12.7. The van der Waals surface area contributed by atoms with E-state index in [1.807, 2.05) is 36.4 Å². The number of fused-ring (bicyclic) bond motifs is 1. The van der Waals surface area contributed by atoms with Crippen molar-refractivity contribution in [3.63, 3.8) is 0 Å². The molecule has 8 nitrogen and oxygen atoms in total. The number of carbonyl (C=O) groups is 2. The number of anilines is 3. The van der Waals surface area contributed by atoms with Crippen LogP contribution in [0.15, 0.2) is 97.1 Å². The fourth-order valence-electron chi connectivity index (χ4n) is 3.92. The summed E-state index contributed by atoms with van der Waals surface area (Å²) in [5, 5.41) is 17.9. The van der Waals surface area contributed by atoms with Gasteiger partial charge in [0, 0.05) is 27.7 Å². The Hall–Kier alpha value is -4.09. The number of halogens is 1. The number of phenols is 1. The van der Waals surface area contributed by atoms with Crippen molar-refractivity contribution in [1.82, 2.24) is 0 Å². The van der Waals surface area contributed by atoms with Gasteiger partial charge >= 0.3 is 6.09 Å². The summed E-state index contributed by atoms with van der Waals surface area (Å²) in [6, 6.07) is 25.0. The van der Waals surface area contributed by atoms with Crippen molar-refractivity contribution in [2.75, 3.05) is 23.5 Å². The lowest BCUT2D eigenvalue weighted by atomic mass is 10.0. The summed E-state index contributed by atoms with van der Waals surface area (Å²) in [4.78, 5) is 25.7. The first-order chi connectivity index (χ1) is 18.4. The summed E-state index contributed by atoms with van der Waals surface area (Å²) >= 11 is 2.10. The number of benzene rings is 4. The number of aromatic hydroxyl groups is 1. The molecule has 0 saturated heterocycles. The van der Waals surface area contributed by atoms with E-state index < -0.39 is 24.2 Å². The molecule has 0 aliphatic heterocycles. The molecule has 0 aliphatic rings. The monoisotopic (exact) mass is 623 g/mol. The number of ether oxygens (including phenoxy) is 2. The van der Waals surface area contributed by atoms with Gasteiger partial charge < -0.3 is 25.6 Å². The number of amides is 2. The van der Waals surface area contributed by atoms with E-state index in [4.69, 9.17) is 15.2 Å². The average Bonchev–Trinajstić information content (AvgIpc) is 2.91. The molecular weight excluding hydrogens is 597 g/mol. The lowest BCUT2D eigenvalue weighted by Gasteiger charge is -2.25. The Kier molecular flexibility index (Phi) is 8.82. The van der Waals surface area contributed by atoms with E-state index in [2.05, 4.69) is 33.2 Å². The van der Waals surface area contributed by atoms with Gasteiger partial charge in [-0.1, -0.05) is 48.5 Å². The predicted molar refractivity (Wildman–Crippen MR) is 157 cm³/mol. The third kappa shape index (κ3) is 6.61. The van der Waals surface area contributed by atoms with Gasteiger partial charge in [0.15, 0.2) is 6.10 Å². The van der Waals surface area contributed by atoms with E-state index in [-0.39, 0.29) is 5.75 Å². The number of nitrogen functional groups attached to an aromatic ring is 1. The summed E-state index contributed by atoms with van der Waals surface area (Å²) < 4.78 is 12.2. The standard InChI is InChI=1S/C29H26IN3O5/c1-37-26(15-16-27(35)32-24-11-5-4-10-22(24)31)28(21-17-19(30)13-14-25(21)34)38-29(36)33-23-12-6-8-18-7-2-3-9-20(18)23/h2-17,26,28,34H,31H2,1H3,(H,32,35)(H,33,36)/b16-15+/t26-,28-/m0/s1. The van der Waals surface area contributed by atoms with Crippen LogP contribution in [0.2, 0.25) is 0 Å². The molecule has 38 heavy (non-hydrogen) atoms. The highest BCUT2D eigenvalue weighted by Crippen LogP contribution is 2.33. The molecule has 4 aromatic carbocycles. The van der Waals surface area contributed by atoms with Gasteiger partial charge in [-0.3, -0.25) is 10.1 Å². The lowest BCUT2D eigenvalue weighted by molar-refractivity contribution is -0.112. The molecule has 4 rings (SSSR count). The van der Waals surface area contributed by atoms with Crippen LogP contribution in [-0.2, 0) is 14.3 Å². The molecule has 0 aromatic heterocycles. The molecule has 5 N–H and O–H groups in total. The number of nitrogens with one attached hydrogen (secondary N) is 2. The fourth-order valence-corrected chi connectivity index (χ4v) is 4.44. The third-order valence-corrected chi connectivity index (χ3v) is 6.45. The first kappa shape index (κ1) is 27.0. The van der Waals surface area contributed by atoms with Gasteiger partial charge in [-0.25, -0.2) is 4.79 Å². The Morgan fingerprint density at radius 3 is 2.45 bits per heavy atom. The van der Waals surface area contributed by atoms with Crippen LogP contribution in [0.3, 0.4) is 0 Å². The van der Waals surface area contributed by atoms with Crippen LogP contribution in [0.25, 0.3) is 10.8 Å². The Balaban J connectivity index is 1.59. The fraction of sp³-hybridized carbons (Fsp3) is 0.103. The van der Waals surface area contributed by atoms with Crippen molar-refractivity contribution in [1.29, 1.82) is 0 Å². The molecule has 194 valence electrons. The average molecular weight is 623 g/mol. The van der Waals surface area contributed by atoms with E-state index >= 15 is 0 Å². The first-order valence-electron chi connectivity index (χ1n) is 11.7. The molecule has 0 radical (unpaired) electrons. The summed E-state index contributed by atoms with van der Waals surface area (Å²) in [5.74, 6) is -0.527. The molecule has 0 heterocycles. The smallest absolute Gasteiger partial charge is 0.412 e. The summed E-state index contributed by atoms with van der Waals surface area (Å²) in [7, 11) is 1.42. The Morgan fingerprint density at radius 1 is 0.947 bits per heavy atom. The highest BCUT2D eigenvalue weighted by Gasteiger charge is 2.29. The van der Waals surface area contributed by atoms with Gasteiger partial charge in [0.25, 0.3) is 0 Å². The Bertz CT molecular complexity index is 1490. The minimum atomic E-state index is -1.07. The molecule has 2 atom stereocenters. The van der Waals surface area contributed by atoms with Crippen LogP contribution in [-0.4, -0.2) is 30.3 Å². The van der Waals surface area contributed by atoms with Gasteiger partial charge in [0.05, 0.1) is 17.1 Å². The van der Waals surface area contributed by atoms with E-state index in [0.717, 1.165) is 14.3 Å². The van der Waals surface area contributed by atoms with Gasteiger partial charge in [0.2, 0.25) is 5.91 Å². The summed E-state index contributed by atoms with van der Waals surface area (Å²) in [6.07, 6.45) is 0.00194. The molecular formula is C29H26IN3O5.